The number of halogens is 4. The SMILES string of the molecule is CC1CN(c2c(F)c(F)c(NC(=O)CCCCNS(=O)(=O)C(C)C)c(F)c2F)CC(C)O1. The molecule has 0 spiro atoms. The number of sulfonamides is 1. The largest absolute Gasteiger partial charge is 0.372 e. The third-order valence-corrected chi connectivity index (χ3v) is 6.84. The smallest absolute Gasteiger partial charge is 0.224 e. The van der Waals surface area contributed by atoms with E-state index < -0.39 is 68.0 Å². The van der Waals surface area contributed by atoms with Gasteiger partial charge in [-0.15, -0.1) is 0 Å². The lowest BCUT2D eigenvalue weighted by Gasteiger charge is -2.37. The van der Waals surface area contributed by atoms with E-state index in [1.54, 1.807) is 13.8 Å². The maximum absolute atomic E-state index is 14.6. The minimum Gasteiger partial charge on any atom is -0.372 e. The second-order valence-electron chi connectivity index (χ2n) is 8.14. The van der Waals surface area contributed by atoms with Crippen LogP contribution in [0, 0.1) is 23.3 Å². The summed E-state index contributed by atoms with van der Waals surface area (Å²) in [5, 5.41) is 1.28. The summed E-state index contributed by atoms with van der Waals surface area (Å²) in [5.74, 6) is -7.42. The average Bonchev–Trinajstić information content (AvgIpc) is 2.68. The minimum atomic E-state index is -3.43. The Morgan fingerprint density at radius 2 is 1.56 bits per heavy atom. The summed E-state index contributed by atoms with van der Waals surface area (Å²) in [6.07, 6.45) is -0.519. The van der Waals surface area contributed by atoms with Gasteiger partial charge < -0.3 is 15.0 Å². The summed E-state index contributed by atoms with van der Waals surface area (Å²) >= 11 is 0. The van der Waals surface area contributed by atoms with Crippen molar-refractivity contribution in [2.24, 2.45) is 0 Å². The van der Waals surface area contributed by atoms with Crippen LogP contribution in [-0.4, -0.2) is 51.4 Å². The van der Waals surface area contributed by atoms with E-state index in [0.717, 1.165) is 0 Å². The lowest BCUT2D eigenvalue weighted by Crippen LogP contribution is -2.46. The van der Waals surface area contributed by atoms with Crippen LogP contribution in [0.5, 0.6) is 0 Å². The van der Waals surface area contributed by atoms with Crippen LogP contribution in [0.1, 0.15) is 47.0 Å². The molecular weight excluding hydrogens is 454 g/mol. The van der Waals surface area contributed by atoms with Crippen molar-refractivity contribution >= 4 is 27.3 Å². The number of hydrogen-bond donors (Lipinski definition) is 2. The van der Waals surface area contributed by atoms with Gasteiger partial charge in [-0.1, -0.05) is 0 Å². The molecule has 0 aromatic heterocycles. The Morgan fingerprint density at radius 1 is 1.03 bits per heavy atom. The van der Waals surface area contributed by atoms with E-state index >= 15 is 0 Å². The average molecular weight is 484 g/mol. The Balaban J connectivity index is 2.04. The van der Waals surface area contributed by atoms with Gasteiger partial charge in [-0.3, -0.25) is 4.79 Å². The lowest BCUT2D eigenvalue weighted by molar-refractivity contribution is -0.116. The van der Waals surface area contributed by atoms with Crippen molar-refractivity contribution < 1.29 is 35.5 Å². The molecule has 2 unspecified atom stereocenters. The van der Waals surface area contributed by atoms with Crippen LogP contribution >= 0.6 is 0 Å². The third-order valence-electron chi connectivity index (χ3n) is 4.99. The molecule has 0 aliphatic carbocycles. The van der Waals surface area contributed by atoms with Crippen molar-refractivity contribution in [1.29, 1.82) is 0 Å². The maximum atomic E-state index is 14.6. The van der Waals surface area contributed by atoms with E-state index in [1.807, 2.05) is 5.32 Å². The number of morpholine rings is 1. The summed E-state index contributed by atoms with van der Waals surface area (Å²) < 4.78 is 89.4. The molecule has 1 aliphatic rings. The van der Waals surface area contributed by atoms with Gasteiger partial charge in [0, 0.05) is 26.1 Å². The molecule has 2 atom stereocenters. The molecule has 1 aliphatic heterocycles. The van der Waals surface area contributed by atoms with E-state index in [2.05, 4.69) is 4.72 Å². The second kappa shape index (κ2) is 10.8. The zero-order valence-corrected chi connectivity index (χ0v) is 19.3. The predicted molar refractivity (Wildman–Crippen MR) is 113 cm³/mol. The molecule has 0 radical (unpaired) electrons. The number of carbonyl (C=O) groups excluding carboxylic acids is 1. The van der Waals surface area contributed by atoms with Gasteiger partial charge in [0.25, 0.3) is 0 Å². The van der Waals surface area contributed by atoms with E-state index in [9.17, 15) is 30.8 Å². The third kappa shape index (κ3) is 6.32. The van der Waals surface area contributed by atoms with Crippen LogP contribution in [0.4, 0.5) is 28.9 Å². The molecule has 7 nitrogen and oxygen atoms in total. The Bertz CT molecular complexity index is 904. The maximum Gasteiger partial charge on any atom is 0.224 e. The highest BCUT2D eigenvalue weighted by atomic mass is 32.2. The predicted octanol–water partition coefficient (Wildman–Crippen LogP) is 3.29. The number of rotatable bonds is 9. The molecule has 1 saturated heterocycles. The van der Waals surface area contributed by atoms with Crippen molar-refractivity contribution in [3.63, 3.8) is 0 Å². The first-order valence-electron chi connectivity index (χ1n) is 10.4. The molecule has 0 saturated carbocycles. The quantitative estimate of drug-likeness (QED) is 0.320. The highest BCUT2D eigenvalue weighted by molar-refractivity contribution is 7.90. The molecular formula is C20H29F4N3O4S. The zero-order chi connectivity index (χ0) is 24.2. The fourth-order valence-electron chi connectivity index (χ4n) is 3.36. The van der Waals surface area contributed by atoms with Gasteiger partial charge in [-0.2, -0.15) is 0 Å². The van der Waals surface area contributed by atoms with Gasteiger partial charge in [0.05, 0.1) is 17.5 Å². The van der Waals surface area contributed by atoms with Crippen molar-refractivity contribution in [3.05, 3.63) is 23.3 Å². The van der Waals surface area contributed by atoms with Crippen LogP contribution in [0.2, 0.25) is 0 Å². The fourth-order valence-corrected chi connectivity index (χ4v) is 4.12. The molecule has 1 fully saturated rings. The Kier molecular flexibility index (Phi) is 8.89. The van der Waals surface area contributed by atoms with Crippen LogP contribution in [0.25, 0.3) is 0 Å². The zero-order valence-electron chi connectivity index (χ0n) is 18.5. The van der Waals surface area contributed by atoms with Crippen LogP contribution < -0.4 is 14.9 Å². The topological polar surface area (TPSA) is 87.7 Å². The summed E-state index contributed by atoms with van der Waals surface area (Å²) in [4.78, 5) is 13.2. The number of nitrogens with one attached hydrogen (secondary N) is 2. The molecule has 1 heterocycles. The first-order chi connectivity index (χ1) is 14.8. The normalized spacial score (nSPS) is 19.5. The van der Waals surface area contributed by atoms with Gasteiger partial charge in [-0.25, -0.2) is 30.7 Å². The van der Waals surface area contributed by atoms with Gasteiger partial charge in [0.1, 0.15) is 11.4 Å². The molecule has 12 heteroatoms. The molecule has 32 heavy (non-hydrogen) atoms. The number of amides is 1. The van der Waals surface area contributed by atoms with Gasteiger partial charge >= 0.3 is 0 Å². The second-order valence-corrected chi connectivity index (χ2v) is 10.5. The molecule has 1 aromatic carbocycles. The number of hydrogen-bond acceptors (Lipinski definition) is 5. The number of benzene rings is 1. The Morgan fingerprint density at radius 3 is 2.06 bits per heavy atom. The van der Waals surface area contributed by atoms with E-state index in [0.29, 0.717) is 6.42 Å². The monoisotopic (exact) mass is 483 g/mol. The van der Waals surface area contributed by atoms with E-state index in [4.69, 9.17) is 4.74 Å². The van der Waals surface area contributed by atoms with Crippen molar-refractivity contribution in [1.82, 2.24) is 4.72 Å². The number of nitrogens with zero attached hydrogens (tertiary/aromatic N) is 1. The van der Waals surface area contributed by atoms with Gasteiger partial charge in [-0.05, 0) is 40.5 Å². The van der Waals surface area contributed by atoms with Crippen molar-refractivity contribution in [3.8, 4) is 0 Å². The van der Waals surface area contributed by atoms with Gasteiger partial charge in [0.2, 0.25) is 15.9 Å². The first-order valence-corrected chi connectivity index (χ1v) is 11.9. The summed E-state index contributed by atoms with van der Waals surface area (Å²) in [7, 11) is -3.43. The first kappa shape index (κ1) is 26.3. The fraction of sp³-hybridized carbons (Fsp3) is 0.650. The molecule has 2 N–H and O–H groups in total. The van der Waals surface area contributed by atoms with E-state index in [1.165, 1.54) is 18.7 Å². The van der Waals surface area contributed by atoms with Crippen molar-refractivity contribution in [2.45, 2.75) is 64.4 Å². The van der Waals surface area contributed by atoms with Crippen LogP contribution in [0.15, 0.2) is 0 Å². The molecule has 2 rings (SSSR count). The van der Waals surface area contributed by atoms with Gasteiger partial charge in [0.15, 0.2) is 23.3 Å². The summed E-state index contributed by atoms with van der Waals surface area (Å²) in [6, 6.07) is 0. The summed E-state index contributed by atoms with van der Waals surface area (Å²) in [6.45, 7) is 6.56. The lowest BCUT2D eigenvalue weighted by atomic mass is 10.1. The van der Waals surface area contributed by atoms with Crippen LogP contribution in [-0.2, 0) is 19.6 Å². The molecule has 1 aromatic rings. The van der Waals surface area contributed by atoms with Crippen LogP contribution in [0.3, 0.4) is 0 Å². The standard InChI is InChI=1S/C20H29F4N3O4S/c1-11(2)32(29,30)25-8-6-5-7-14(28)26-19-15(21)17(23)20(18(24)16(19)22)27-9-12(3)31-13(4)10-27/h11-13,25H,5-10H2,1-4H3,(H,26,28). The molecule has 182 valence electrons. The highest BCUT2D eigenvalue weighted by Crippen LogP contribution is 2.35. The number of ether oxygens (including phenoxy) is 1. The number of carbonyl (C=O) groups is 1. The van der Waals surface area contributed by atoms with E-state index in [-0.39, 0.29) is 32.5 Å². The molecule has 1 amide bonds. The van der Waals surface area contributed by atoms with Crippen molar-refractivity contribution in [2.75, 3.05) is 29.9 Å². The minimum absolute atomic E-state index is 0.0450. The number of anilines is 2. The Hall–Kier alpha value is -1.92. The Labute approximate surface area is 185 Å². The highest BCUT2D eigenvalue weighted by Gasteiger charge is 2.33. The molecule has 0 bridgehead atoms. The summed E-state index contributed by atoms with van der Waals surface area (Å²) in [5.41, 5.74) is -2.03. The number of unbranched alkanes of at least 4 members (excludes halogenated alkanes) is 1.